The third-order valence-electron chi connectivity index (χ3n) is 9.53. The summed E-state index contributed by atoms with van der Waals surface area (Å²) in [7, 11) is 0. The van der Waals surface area contributed by atoms with Crippen molar-refractivity contribution in [1.82, 2.24) is 26.4 Å². The highest BCUT2D eigenvalue weighted by Gasteiger charge is 2.57. The zero-order valence-corrected chi connectivity index (χ0v) is 22.6. The van der Waals surface area contributed by atoms with Gasteiger partial charge in [-0.3, -0.25) is 14.9 Å². The molecule has 2 amide bonds. The number of benzene rings is 1. The van der Waals surface area contributed by atoms with Crippen LogP contribution in [0, 0.1) is 17.7 Å². The molecule has 4 aliphatic carbocycles. The van der Waals surface area contributed by atoms with Gasteiger partial charge in [0.05, 0.1) is 11.2 Å². The first-order valence-corrected chi connectivity index (χ1v) is 14.7. The van der Waals surface area contributed by atoms with Gasteiger partial charge in [0.15, 0.2) is 6.61 Å². The molecule has 208 valence electrons. The zero-order chi connectivity index (χ0) is 26.3. The van der Waals surface area contributed by atoms with Gasteiger partial charge in [-0.1, -0.05) is 37.3 Å². The van der Waals surface area contributed by atoms with Crippen LogP contribution in [-0.2, 0) is 9.59 Å². The molecule has 7 rings (SSSR count). The smallest absolute Gasteiger partial charge is 0.258 e. The first-order chi connectivity index (χ1) is 18.4. The van der Waals surface area contributed by atoms with Gasteiger partial charge in [0.2, 0.25) is 5.91 Å². The zero-order valence-electron chi connectivity index (χ0n) is 21.8. The number of hydrogen-bond donors (Lipinski definition) is 4. The van der Waals surface area contributed by atoms with E-state index in [1.165, 1.54) is 56.7 Å². The van der Waals surface area contributed by atoms with Crippen LogP contribution < -0.4 is 26.1 Å². The SMILES string of the molecule is O=C(COc1ccc(Cl)c(F)c1)NC12CC(C1)[C@@H](NC(=O)C1CNC3CCC(C4CCCCCC4)NN31)C2. The second-order valence-corrected chi connectivity index (χ2v) is 12.5. The number of hydrogen-bond acceptors (Lipinski definition) is 6. The molecule has 4 N–H and O–H groups in total. The van der Waals surface area contributed by atoms with E-state index in [2.05, 4.69) is 26.4 Å². The van der Waals surface area contributed by atoms with Crippen LogP contribution in [0.25, 0.3) is 0 Å². The van der Waals surface area contributed by atoms with Crippen LogP contribution in [0.5, 0.6) is 5.75 Å². The van der Waals surface area contributed by atoms with Gasteiger partial charge in [-0.15, -0.1) is 0 Å². The van der Waals surface area contributed by atoms with E-state index in [1.807, 2.05) is 0 Å². The Morgan fingerprint density at radius 1 is 1.08 bits per heavy atom. The average Bonchev–Trinajstić information content (AvgIpc) is 3.47. The normalized spacial score (nSPS) is 35.2. The Bertz CT molecular complexity index is 1050. The molecule has 8 nitrogen and oxygen atoms in total. The van der Waals surface area contributed by atoms with Gasteiger partial charge in [0.1, 0.15) is 17.6 Å². The molecular weight excluding hydrogens is 509 g/mol. The molecular formula is C28H39ClFN5O3. The van der Waals surface area contributed by atoms with Crippen LogP contribution in [0.4, 0.5) is 4.39 Å². The molecule has 10 heteroatoms. The van der Waals surface area contributed by atoms with Gasteiger partial charge < -0.3 is 15.4 Å². The maximum Gasteiger partial charge on any atom is 0.258 e. The van der Waals surface area contributed by atoms with Crippen molar-refractivity contribution in [2.24, 2.45) is 11.8 Å². The fourth-order valence-electron chi connectivity index (χ4n) is 7.58. The number of halogens is 2. The molecule has 2 saturated heterocycles. The Balaban J connectivity index is 0.988. The summed E-state index contributed by atoms with van der Waals surface area (Å²) in [6.07, 6.45) is 12.8. The van der Waals surface area contributed by atoms with Crippen molar-refractivity contribution in [3.63, 3.8) is 0 Å². The fraction of sp³-hybridized carbons (Fsp3) is 0.714. The summed E-state index contributed by atoms with van der Waals surface area (Å²) in [5.74, 6) is 0.595. The maximum absolute atomic E-state index is 13.6. The highest BCUT2D eigenvalue weighted by Crippen LogP contribution is 2.52. The first kappa shape index (κ1) is 26.3. The molecule has 1 aromatic carbocycles. The van der Waals surface area contributed by atoms with E-state index in [-0.39, 0.29) is 53.0 Å². The fourth-order valence-corrected chi connectivity index (χ4v) is 7.70. The van der Waals surface area contributed by atoms with Crippen molar-refractivity contribution in [1.29, 1.82) is 0 Å². The van der Waals surface area contributed by atoms with Gasteiger partial charge in [0.25, 0.3) is 5.91 Å². The lowest BCUT2D eigenvalue weighted by atomic mass is 9.76. The minimum atomic E-state index is -0.581. The van der Waals surface area contributed by atoms with Gasteiger partial charge in [-0.05, 0) is 68.9 Å². The standard InChI is InChI=1S/C28H39ClFN5O3/c29-20-8-7-19(11-21(20)30)38-16-26(36)33-28-12-18(13-28)23(14-28)32-27(37)24-15-31-25-10-9-22(34-35(24)25)17-5-3-1-2-4-6-17/h7-8,11,17-18,22-25,31,34H,1-6,9-10,12-16H2,(H,32,37)(H,33,36)/t18?,22?,23-,24?,25?,28?/m0/s1. The van der Waals surface area contributed by atoms with Gasteiger partial charge in [0, 0.05) is 30.2 Å². The molecule has 0 radical (unpaired) electrons. The highest BCUT2D eigenvalue weighted by atomic mass is 35.5. The minimum absolute atomic E-state index is 0.0136. The van der Waals surface area contributed by atoms with E-state index in [0.29, 0.717) is 24.4 Å². The predicted molar refractivity (Wildman–Crippen MR) is 142 cm³/mol. The van der Waals surface area contributed by atoms with Crippen LogP contribution in [0.1, 0.15) is 70.6 Å². The average molecular weight is 548 g/mol. The molecule has 1 aromatic rings. The Morgan fingerprint density at radius 2 is 1.87 bits per heavy atom. The number of nitrogens with zero attached hydrogens (tertiary/aromatic N) is 1. The lowest BCUT2D eigenvalue weighted by molar-refractivity contribution is -0.129. The van der Waals surface area contributed by atoms with Crippen LogP contribution in [0.2, 0.25) is 5.02 Å². The van der Waals surface area contributed by atoms with Crippen molar-refractivity contribution in [2.45, 2.75) is 100 Å². The number of nitrogens with one attached hydrogen (secondary N) is 4. The third kappa shape index (κ3) is 5.40. The third-order valence-corrected chi connectivity index (χ3v) is 9.84. The number of rotatable bonds is 7. The van der Waals surface area contributed by atoms with Gasteiger partial charge in [-0.2, -0.15) is 0 Å². The van der Waals surface area contributed by atoms with E-state index in [9.17, 15) is 14.0 Å². The molecule has 2 heterocycles. The second-order valence-electron chi connectivity index (χ2n) is 12.1. The predicted octanol–water partition coefficient (Wildman–Crippen LogP) is 3.25. The maximum atomic E-state index is 13.6. The minimum Gasteiger partial charge on any atom is -0.484 e. The Kier molecular flexibility index (Phi) is 7.55. The summed E-state index contributed by atoms with van der Waals surface area (Å²) >= 11 is 5.70. The molecule has 38 heavy (non-hydrogen) atoms. The molecule has 0 spiro atoms. The molecule has 2 aliphatic heterocycles. The van der Waals surface area contributed by atoms with E-state index in [4.69, 9.17) is 16.3 Å². The molecule has 0 aromatic heterocycles. The van der Waals surface area contributed by atoms with E-state index >= 15 is 0 Å². The Hall–Kier alpha value is -1.94. The Labute approximate surface area is 228 Å². The van der Waals surface area contributed by atoms with Crippen molar-refractivity contribution in [2.75, 3.05) is 13.2 Å². The van der Waals surface area contributed by atoms with Crippen molar-refractivity contribution >= 4 is 23.4 Å². The van der Waals surface area contributed by atoms with Gasteiger partial charge in [-0.25, -0.2) is 14.8 Å². The highest BCUT2D eigenvalue weighted by molar-refractivity contribution is 6.30. The summed E-state index contributed by atoms with van der Waals surface area (Å²) in [6.45, 7) is 0.464. The van der Waals surface area contributed by atoms with Crippen molar-refractivity contribution < 1.29 is 18.7 Å². The molecule has 6 aliphatic rings. The van der Waals surface area contributed by atoms with Crippen molar-refractivity contribution in [3.05, 3.63) is 29.0 Å². The van der Waals surface area contributed by atoms with Crippen LogP contribution in [0.15, 0.2) is 18.2 Å². The summed E-state index contributed by atoms with van der Waals surface area (Å²) < 4.78 is 19.1. The summed E-state index contributed by atoms with van der Waals surface area (Å²) in [5.41, 5.74) is 3.47. The van der Waals surface area contributed by atoms with Crippen molar-refractivity contribution in [3.8, 4) is 5.75 Å². The van der Waals surface area contributed by atoms with Crippen LogP contribution >= 0.6 is 11.6 Å². The number of carbonyl (C=O) groups is 2. The summed E-state index contributed by atoms with van der Waals surface area (Å²) in [4.78, 5) is 26.0. The lowest BCUT2D eigenvalue weighted by Gasteiger charge is -2.41. The molecule has 4 atom stereocenters. The summed E-state index contributed by atoms with van der Waals surface area (Å²) in [5, 5.41) is 12.2. The van der Waals surface area contributed by atoms with Crippen LogP contribution in [-0.4, -0.2) is 59.8 Å². The van der Waals surface area contributed by atoms with Gasteiger partial charge >= 0.3 is 0 Å². The Morgan fingerprint density at radius 3 is 2.63 bits per heavy atom. The summed E-state index contributed by atoms with van der Waals surface area (Å²) in [6, 6.07) is 4.43. The molecule has 6 fully saturated rings. The first-order valence-electron chi connectivity index (χ1n) is 14.4. The number of ether oxygens (including phenoxy) is 1. The monoisotopic (exact) mass is 547 g/mol. The van der Waals surface area contributed by atoms with E-state index in [0.717, 1.165) is 32.1 Å². The molecule has 3 unspecified atom stereocenters. The number of hydrazine groups is 1. The van der Waals surface area contributed by atoms with Crippen LogP contribution in [0.3, 0.4) is 0 Å². The number of amides is 2. The number of carbonyl (C=O) groups excluding carboxylic acids is 2. The number of fused-ring (bicyclic) bond motifs is 2. The largest absolute Gasteiger partial charge is 0.484 e. The lowest BCUT2D eigenvalue weighted by Crippen LogP contribution is -2.61. The quantitative estimate of drug-likeness (QED) is 0.392. The topological polar surface area (TPSA) is 94.7 Å². The van der Waals surface area contributed by atoms with E-state index < -0.39 is 5.82 Å². The van der Waals surface area contributed by atoms with E-state index in [1.54, 1.807) is 0 Å². The second kappa shape index (κ2) is 10.9. The molecule has 4 saturated carbocycles. The molecule has 2 bridgehead atoms.